The van der Waals surface area contributed by atoms with Crippen LogP contribution in [0.4, 0.5) is 5.69 Å². The molecule has 1 atom stereocenters. The van der Waals surface area contributed by atoms with Gasteiger partial charge in [-0.2, -0.15) is 0 Å². The number of para-hydroxylation sites is 1. The molecule has 0 radical (unpaired) electrons. The molecule has 20 heavy (non-hydrogen) atoms. The molecule has 6 heteroatoms. The lowest BCUT2D eigenvalue weighted by Crippen LogP contribution is -2.40. The first kappa shape index (κ1) is 15.1. The van der Waals surface area contributed by atoms with Crippen LogP contribution in [-0.4, -0.2) is 38.7 Å². The summed E-state index contributed by atoms with van der Waals surface area (Å²) in [4.78, 5) is 0. The summed E-state index contributed by atoms with van der Waals surface area (Å²) in [5.74, 6) is 0.903. The van der Waals surface area contributed by atoms with Crippen LogP contribution >= 0.6 is 0 Å². The quantitative estimate of drug-likeness (QED) is 0.858. The topological polar surface area (TPSA) is 72.6 Å². The van der Waals surface area contributed by atoms with Gasteiger partial charge in [0, 0.05) is 19.0 Å². The number of nitrogen functional groups attached to an aromatic ring is 1. The Balaban J connectivity index is 1.95. The van der Waals surface area contributed by atoms with Crippen LogP contribution < -0.4 is 10.5 Å². The minimum absolute atomic E-state index is 0.221. The fraction of sp³-hybridized carbons (Fsp3) is 0.571. The van der Waals surface area contributed by atoms with E-state index < -0.39 is 10.0 Å². The zero-order valence-corrected chi connectivity index (χ0v) is 12.8. The summed E-state index contributed by atoms with van der Waals surface area (Å²) in [6, 6.07) is 5.69. The number of benzene rings is 1. The van der Waals surface area contributed by atoms with E-state index >= 15 is 0 Å². The maximum Gasteiger partial charge on any atom is 0.211 e. The van der Waals surface area contributed by atoms with Gasteiger partial charge in [-0.1, -0.05) is 12.1 Å². The smallest absolute Gasteiger partial charge is 0.211 e. The van der Waals surface area contributed by atoms with Crippen molar-refractivity contribution in [1.29, 1.82) is 0 Å². The molecule has 1 saturated heterocycles. The van der Waals surface area contributed by atoms with Gasteiger partial charge in [-0.3, -0.25) is 0 Å². The van der Waals surface area contributed by atoms with E-state index in [1.807, 2.05) is 25.1 Å². The van der Waals surface area contributed by atoms with Crippen molar-refractivity contribution in [2.75, 3.05) is 31.7 Å². The SMILES string of the molecule is Cc1cccc(OCC2CCCN(S(C)(=O)=O)C2)c1N. The molecule has 2 rings (SSSR count). The first-order valence-electron chi connectivity index (χ1n) is 6.81. The van der Waals surface area contributed by atoms with Gasteiger partial charge in [-0.25, -0.2) is 12.7 Å². The van der Waals surface area contributed by atoms with Crippen molar-refractivity contribution in [1.82, 2.24) is 4.31 Å². The molecular formula is C14H22N2O3S. The number of nitrogens with two attached hydrogens (primary N) is 1. The van der Waals surface area contributed by atoms with E-state index in [9.17, 15) is 8.42 Å². The average molecular weight is 298 g/mol. The summed E-state index contributed by atoms with van der Waals surface area (Å²) in [5.41, 5.74) is 7.61. The minimum Gasteiger partial charge on any atom is -0.491 e. The van der Waals surface area contributed by atoms with Gasteiger partial charge >= 0.3 is 0 Å². The monoisotopic (exact) mass is 298 g/mol. The number of piperidine rings is 1. The van der Waals surface area contributed by atoms with E-state index in [-0.39, 0.29) is 5.92 Å². The molecule has 1 heterocycles. The summed E-state index contributed by atoms with van der Waals surface area (Å²) in [6.45, 7) is 3.58. The lowest BCUT2D eigenvalue weighted by Gasteiger charge is -2.30. The Labute approximate surface area is 120 Å². The van der Waals surface area contributed by atoms with Crippen molar-refractivity contribution in [3.63, 3.8) is 0 Å². The molecule has 0 bridgehead atoms. The average Bonchev–Trinajstić information content (AvgIpc) is 2.40. The van der Waals surface area contributed by atoms with Crippen LogP contribution in [0.5, 0.6) is 5.75 Å². The van der Waals surface area contributed by atoms with Crippen molar-refractivity contribution in [2.45, 2.75) is 19.8 Å². The summed E-state index contributed by atoms with van der Waals surface area (Å²) < 4.78 is 30.4. The Hall–Kier alpha value is -1.27. The van der Waals surface area contributed by atoms with Gasteiger partial charge in [0.05, 0.1) is 18.6 Å². The zero-order valence-electron chi connectivity index (χ0n) is 12.0. The number of ether oxygens (including phenoxy) is 1. The van der Waals surface area contributed by atoms with Gasteiger partial charge in [-0.15, -0.1) is 0 Å². The first-order chi connectivity index (χ1) is 9.38. The number of rotatable bonds is 4. The molecule has 1 unspecified atom stereocenters. The van der Waals surface area contributed by atoms with E-state index in [0.29, 0.717) is 31.1 Å². The van der Waals surface area contributed by atoms with Crippen LogP contribution in [0.15, 0.2) is 18.2 Å². The number of anilines is 1. The predicted octanol–water partition coefficient (Wildman–Crippen LogP) is 1.63. The molecule has 0 saturated carbocycles. The zero-order chi connectivity index (χ0) is 14.8. The number of aryl methyl sites for hydroxylation is 1. The maximum atomic E-state index is 11.6. The first-order valence-corrected chi connectivity index (χ1v) is 8.66. The standard InChI is InChI=1S/C14H22N2O3S/c1-11-5-3-7-13(14(11)15)19-10-12-6-4-8-16(9-12)20(2,17)18/h3,5,7,12H,4,6,8-10,15H2,1-2H3. The van der Waals surface area contributed by atoms with Crippen molar-refractivity contribution in [2.24, 2.45) is 5.92 Å². The molecule has 1 aliphatic rings. The second-order valence-corrected chi connectivity index (χ2v) is 7.41. The van der Waals surface area contributed by atoms with Crippen LogP contribution in [0.2, 0.25) is 0 Å². The Morgan fingerprint density at radius 1 is 1.45 bits per heavy atom. The molecule has 2 N–H and O–H groups in total. The van der Waals surface area contributed by atoms with Crippen LogP contribution in [0.25, 0.3) is 0 Å². The molecular weight excluding hydrogens is 276 g/mol. The summed E-state index contributed by atoms with van der Waals surface area (Å²) in [7, 11) is -3.10. The van der Waals surface area contributed by atoms with Crippen molar-refractivity contribution in [3.05, 3.63) is 23.8 Å². The summed E-state index contributed by atoms with van der Waals surface area (Å²) >= 11 is 0. The molecule has 112 valence electrons. The molecule has 1 aromatic carbocycles. The van der Waals surface area contributed by atoms with Crippen LogP contribution in [0.3, 0.4) is 0 Å². The minimum atomic E-state index is -3.10. The lowest BCUT2D eigenvalue weighted by molar-refractivity contribution is 0.181. The third-order valence-electron chi connectivity index (χ3n) is 3.71. The van der Waals surface area contributed by atoms with E-state index in [1.54, 1.807) is 0 Å². The van der Waals surface area contributed by atoms with Gasteiger partial charge < -0.3 is 10.5 Å². The molecule has 0 spiro atoms. The molecule has 1 aliphatic heterocycles. The van der Waals surface area contributed by atoms with Crippen LogP contribution in [-0.2, 0) is 10.0 Å². The molecule has 0 amide bonds. The van der Waals surface area contributed by atoms with Crippen molar-refractivity contribution >= 4 is 15.7 Å². The molecule has 1 aromatic rings. The number of sulfonamides is 1. The number of hydrogen-bond acceptors (Lipinski definition) is 4. The molecule has 5 nitrogen and oxygen atoms in total. The van der Waals surface area contributed by atoms with Crippen molar-refractivity contribution in [3.8, 4) is 5.75 Å². The van der Waals surface area contributed by atoms with E-state index in [2.05, 4.69) is 0 Å². The van der Waals surface area contributed by atoms with Gasteiger partial charge in [0.25, 0.3) is 0 Å². The van der Waals surface area contributed by atoms with E-state index in [4.69, 9.17) is 10.5 Å². The highest BCUT2D eigenvalue weighted by Gasteiger charge is 2.26. The number of hydrogen-bond donors (Lipinski definition) is 1. The van der Waals surface area contributed by atoms with Crippen molar-refractivity contribution < 1.29 is 13.2 Å². The highest BCUT2D eigenvalue weighted by atomic mass is 32.2. The second-order valence-electron chi connectivity index (χ2n) is 5.43. The maximum absolute atomic E-state index is 11.6. The van der Waals surface area contributed by atoms with Gasteiger partial charge in [-0.05, 0) is 31.4 Å². The largest absolute Gasteiger partial charge is 0.491 e. The van der Waals surface area contributed by atoms with E-state index in [1.165, 1.54) is 10.6 Å². The highest BCUT2D eigenvalue weighted by molar-refractivity contribution is 7.88. The van der Waals surface area contributed by atoms with Gasteiger partial charge in [0.1, 0.15) is 5.75 Å². The Kier molecular flexibility index (Phi) is 4.55. The normalized spacial score (nSPS) is 20.8. The molecule has 1 fully saturated rings. The summed E-state index contributed by atoms with van der Waals surface area (Å²) in [5, 5.41) is 0. The fourth-order valence-electron chi connectivity index (χ4n) is 2.45. The number of nitrogens with zero attached hydrogens (tertiary/aromatic N) is 1. The molecule has 0 aromatic heterocycles. The Morgan fingerprint density at radius 2 is 2.20 bits per heavy atom. The van der Waals surface area contributed by atoms with Crippen LogP contribution in [0.1, 0.15) is 18.4 Å². The fourth-order valence-corrected chi connectivity index (χ4v) is 3.39. The Morgan fingerprint density at radius 3 is 2.90 bits per heavy atom. The van der Waals surface area contributed by atoms with Gasteiger partial charge in [0.15, 0.2) is 0 Å². The summed E-state index contributed by atoms with van der Waals surface area (Å²) in [6.07, 6.45) is 3.12. The third-order valence-corrected chi connectivity index (χ3v) is 4.98. The predicted molar refractivity (Wildman–Crippen MR) is 80.2 cm³/mol. The Bertz CT molecular complexity index is 572. The molecule has 0 aliphatic carbocycles. The second kappa shape index (κ2) is 6.01. The lowest BCUT2D eigenvalue weighted by atomic mass is 10.0. The van der Waals surface area contributed by atoms with E-state index in [0.717, 1.165) is 18.4 Å². The van der Waals surface area contributed by atoms with Gasteiger partial charge in [0.2, 0.25) is 10.0 Å². The highest BCUT2D eigenvalue weighted by Crippen LogP contribution is 2.26. The third kappa shape index (κ3) is 3.64. The van der Waals surface area contributed by atoms with Crippen LogP contribution in [0, 0.1) is 12.8 Å².